The van der Waals surface area contributed by atoms with Gasteiger partial charge in [0.15, 0.2) is 17.2 Å². The zero-order valence-electron chi connectivity index (χ0n) is 12.3. The SMILES string of the molecule is COc1cc(F)c(-c2nn(C(C)C)c3ncncc23)cc1F. The molecule has 0 N–H and O–H groups in total. The van der Waals surface area contributed by atoms with Crippen LogP contribution in [0.5, 0.6) is 5.75 Å². The summed E-state index contributed by atoms with van der Waals surface area (Å²) in [6.45, 7) is 3.87. The molecule has 3 rings (SSSR count). The van der Waals surface area contributed by atoms with Crippen molar-refractivity contribution in [1.29, 1.82) is 0 Å². The first kappa shape index (κ1) is 14.4. The van der Waals surface area contributed by atoms with E-state index in [9.17, 15) is 8.78 Å². The summed E-state index contributed by atoms with van der Waals surface area (Å²) in [7, 11) is 1.29. The van der Waals surface area contributed by atoms with Crippen LogP contribution in [0.25, 0.3) is 22.3 Å². The smallest absolute Gasteiger partial charge is 0.165 e. The van der Waals surface area contributed by atoms with Gasteiger partial charge >= 0.3 is 0 Å². The van der Waals surface area contributed by atoms with Crippen molar-refractivity contribution in [1.82, 2.24) is 19.7 Å². The van der Waals surface area contributed by atoms with Crippen LogP contribution in [-0.4, -0.2) is 26.9 Å². The van der Waals surface area contributed by atoms with Crippen LogP contribution in [-0.2, 0) is 0 Å². The first-order valence-electron chi connectivity index (χ1n) is 6.74. The molecule has 0 saturated heterocycles. The van der Waals surface area contributed by atoms with Crippen molar-refractivity contribution in [2.75, 3.05) is 7.11 Å². The Labute approximate surface area is 125 Å². The molecule has 0 unspecified atom stereocenters. The minimum Gasteiger partial charge on any atom is -0.494 e. The van der Waals surface area contributed by atoms with Crippen molar-refractivity contribution >= 4 is 11.0 Å². The lowest BCUT2D eigenvalue weighted by molar-refractivity contribution is 0.383. The number of ether oxygens (including phenoxy) is 1. The highest BCUT2D eigenvalue weighted by Crippen LogP contribution is 2.33. The third-order valence-electron chi connectivity index (χ3n) is 3.36. The van der Waals surface area contributed by atoms with Crippen LogP contribution in [0.3, 0.4) is 0 Å². The molecule has 114 valence electrons. The zero-order chi connectivity index (χ0) is 15.9. The van der Waals surface area contributed by atoms with Gasteiger partial charge in [0.2, 0.25) is 0 Å². The maximum atomic E-state index is 14.3. The molecule has 0 radical (unpaired) electrons. The van der Waals surface area contributed by atoms with Gasteiger partial charge in [-0.25, -0.2) is 23.4 Å². The lowest BCUT2D eigenvalue weighted by Crippen LogP contribution is -2.03. The molecule has 0 aliphatic rings. The molecule has 5 nitrogen and oxygen atoms in total. The number of hydrogen-bond acceptors (Lipinski definition) is 4. The number of halogens is 2. The predicted octanol–water partition coefficient (Wildman–Crippen LogP) is 3.36. The molecule has 1 aromatic carbocycles. The summed E-state index contributed by atoms with van der Waals surface area (Å²) >= 11 is 0. The molecule has 0 spiro atoms. The van der Waals surface area contributed by atoms with Crippen molar-refractivity contribution in [3.63, 3.8) is 0 Å². The van der Waals surface area contributed by atoms with Gasteiger partial charge < -0.3 is 4.74 Å². The first-order chi connectivity index (χ1) is 10.5. The molecule has 7 heteroatoms. The van der Waals surface area contributed by atoms with Gasteiger partial charge in [0.05, 0.1) is 12.5 Å². The van der Waals surface area contributed by atoms with Crippen LogP contribution >= 0.6 is 0 Å². The molecule has 3 aromatic rings. The normalized spacial score (nSPS) is 11.4. The maximum Gasteiger partial charge on any atom is 0.165 e. The summed E-state index contributed by atoms with van der Waals surface area (Å²) in [5.74, 6) is -1.41. The second kappa shape index (κ2) is 5.32. The number of nitrogens with zero attached hydrogens (tertiary/aromatic N) is 4. The fraction of sp³-hybridized carbons (Fsp3) is 0.267. The molecule has 0 aliphatic carbocycles. The van der Waals surface area contributed by atoms with E-state index in [4.69, 9.17) is 4.74 Å². The predicted molar refractivity (Wildman–Crippen MR) is 77.6 cm³/mol. The Morgan fingerprint density at radius 1 is 1.18 bits per heavy atom. The van der Waals surface area contributed by atoms with Crippen molar-refractivity contribution < 1.29 is 13.5 Å². The van der Waals surface area contributed by atoms with Gasteiger partial charge in [-0.1, -0.05) is 0 Å². The monoisotopic (exact) mass is 304 g/mol. The van der Waals surface area contributed by atoms with Crippen LogP contribution < -0.4 is 4.74 Å². The molecule has 0 atom stereocenters. The Morgan fingerprint density at radius 2 is 1.95 bits per heavy atom. The van der Waals surface area contributed by atoms with Crippen LogP contribution in [0.2, 0.25) is 0 Å². The van der Waals surface area contributed by atoms with Gasteiger partial charge in [-0.05, 0) is 19.9 Å². The molecular weight excluding hydrogens is 290 g/mol. The van der Waals surface area contributed by atoms with Gasteiger partial charge in [-0.2, -0.15) is 5.10 Å². The minimum atomic E-state index is -0.650. The van der Waals surface area contributed by atoms with Gasteiger partial charge in [-0.3, -0.25) is 0 Å². The Morgan fingerprint density at radius 3 is 2.64 bits per heavy atom. The van der Waals surface area contributed by atoms with E-state index in [0.717, 1.165) is 12.1 Å². The van der Waals surface area contributed by atoms with E-state index in [-0.39, 0.29) is 17.4 Å². The molecule has 2 heterocycles. The van der Waals surface area contributed by atoms with E-state index in [1.54, 1.807) is 10.9 Å². The number of fused-ring (bicyclic) bond motifs is 1. The Kier molecular flexibility index (Phi) is 3.48. The summed E-state index contributed by atoms with van der Waals surface area (Å²) < 4.78 is 34.7. The maximum absolute atomic E-state index is 14.3. The fourth-order valence-electron chi connectivity index (χ4n) is 2.31. The average Bonchev–Trinajstić information content (AvgIpc) is 2.89. The van der Waals surface area contributed by atoms with Crippen LogP contribution in [0.15, 0.2) is 24.7 Å². The second-order valence-electron chi connectivity index (χ2n) is 5.11. The molecule has 22 heavy (non-hydrogen) atoms. The van der Waals surface area contributed by atoms with E-state index >= 15 is 0 Å². The molecule has 0 fully saturated rings. The van der Waals surface area contributed by atoms with Gasteiger partial charge in [-0.15, -0.1) is 0 Å². The molecular formula is C15H14F2N4O. The Balaban J connectivity index is 2.29. The van der Waals surface area contributed by atoms with Crippen molar-refractivity contribution in [3.8, 4) is 17.0 Å². The zero-order valence-corrected chi connectivity index (χ0v) is 12.3. The second-order valence-corrected chi connectivity index (χ2v) is 5.11. The average molecular weight is 304 g/mol. The molecule has 0 amide bonds. The Hall–Kier alpha value is -2.57. The minimum absolute atomic E-state index is 0.0253. The highest BCUT2D eigenvalue weighted by Gasteiger charge is 2.20. The quantitative estimate of drug-likeness (QED) is 0.744. The number of rotatable bonds is 3. The molecule has 0 saturated carbocycles. The third-order valence-corrected chi connectivity index (χ3v) is 3.36. The van der Waals surface area contributed by atoms with Crippen molar-refractivity contribution in [2.24, 2.45) is 0 Å². The first-order valence-corrected chi connectivity index (χ1v) is 6.74. The van der Waals surface area contributed by atoms with Crippen LogP contribution in [0, 0.1) is 11.6 Å². The van der Waals surface area contributed by atoms with Gasteiger partial charge in [0.25, 0.3) is 0 Å². The fourth-order valence-corrected chi connectivity index (χ4v) is 2.31. The van der Waals surface area contributed by atoms with E-state index in [1.165, 1.54) is 13.4 Å². The number of hydrogen-bond donors (Lipinski definition) is 0. The molecule has 2 aromatic heterocycles. The molecule has 0 aliphatic heterocycles. The van der Waals surface area contributed by atoms with E-state index in [1.807, 2.05) is 13.8 Å². The van der Waals surface area contributed by atoms with Gasteiger partial charge in [0.1, 0.15) is 17.8 Å². The lowest BCUT2D eigenvalue weighted by Gasteiger charge is -2.06. The highest BCUT2D eigenvalue weighted by molar-refractivity contribution is 5.90. The van der Waals surface area contributed by atoms with Gasteiger partial charge in [0, 0.05) is 23.9 Å². The number of aromatic nitrogens is 4. The summed E-state index contributed by atoms with van der Waals surface area (Å²) in [6, 6.07) is 2.11. The summed E-state index contributed by atoms with van der Waals surface area (Å²) in [5.41, 5.74) is 0.941. The van der Waals surface area contributed by atoms with Crippen LogP contribution in [0.1, 0.15) is 19.9 Å². The summed E-state index contributed by atoms with van der Waals surface area (Å²) in [6.07, 6.45) is 2.95. The Bertz CT molecular complexity index is 845. The lowest BCUT2D eigenvalue weighted by atomic mass is 10.1. The largest absolute Gasteiger partial charge is 0.494 e. The van der Waals surface area contributed by atoms with E-state index < -0.39 is 11.6 Å². The van der Waals surface area contributed by atoms with Crippen molar-refractivity contribution in [2.45, 2.75) is 19.9 Å². The third kappa shape index (κ3) is 2.18. The van der Waals surface area contributed by atoms with E-state index in [2.05, 4.69) is 15.1 Å². The topological polar surface area (TPSA) is 52.8 Å². The summed E-state index contributed by atoms with van der Waals surface area (Å²) in [5, 5.41) is 4.95. The standard InChI is InChI=1S/C15H14F2N4O/c1-8(2)21-15-10(6-18-7-19-15)14(20-21)9-4-12(17)13(22-3)5-11(9)16/h4-8H,1-3H3. The number of benzene rings is 1. The van der Waals surface area contributed by atoms with Crippen molar-refractivity contribution in [3.05, 3.63) is 36.3 Å². The highest BCUT2D eigenvalue weighted by atomic mass is 19.1. The summed E-state index contributed by atoms with van der Waals surface area (Å²) in [4.78, 5) is 8.14. The molecule has 0 bridgehead atoms. The number of methoxy groups -OCH3 is 1. The van der Waals surface area contributed by atoms with E-state index in [0.29, 0.717) is 16.7 Å². The van der Waals surface area contributed by atoms with Crippen LogP contribution in [0.4, 0.5) is 8.78 Å².